The number of halogens is 1. The molecule has 1 aromatic carbocycles. The summed E-state index contributed by atoms with van der Waals surface area (Å²) in [5.41, 5.74) is 7.80. The van der Waals surface area contributed by atoms with Crippen molar-refractivity contribution in [3.63, 3.8) is 0 Å². The second kappa shape index (κ2) is 3.95. The van der Waals surface area contributed by atoms with Crippen molar-refractivity contribution in [1.29, 1.82) is 0 Å². The van der Waals surface area contributed by atoms with Crippen molar-refractivity contribution in [2.45, 2.75) is 6.92 Å². The summed E-state index contributed by atoms with van der Waals surface area (Å²) >= 11 is 2.16. The van der Waals surface area contributed by atoms with Gasteiger partial charge in [0.1, 0.15) is 0 Å². The van der Waals surface area contributed by atoms with Crippen LogP contribution in [0.3, 0.4) is 0 Å². The van der Waals surface area contributed by atoms with Crippen molar-refractivity contribution < 1.29 is 4.79 Å². The van der Waals surface area contributed by atoms with Crippen LogP contribution in [0.2, 0.25) is 0 Å². The first-order valence-electron chi connectivity index (χ1n) is 3.84. The molecule has 1 aromatic rings. The number of carbonyl (C=O) groups excluding carboxylic acids is 1. The highest BCUT2D eigenvalue weighted by Gasteiger charge is 2.10. The predicted octanol–water partition coefficient (Wildman–Crippen LogP) is 1.54. The first-order valence-corrected chi connectivity index (χ1v) is 4.92. The van der Waals surface area contributed by atoms with Gasteiger partial charge in [-0.2, -0.15) is 0 Å². The lowest BCUT2D eigenvalue weighted by molar-refractivity contribution is 0.0964. The Bertz CT molecular complexity index is 350. The molecule has 13 heavy (non-hydrogen) atoms. The highest BCUT2D eigenvalue weighted by Crippen LogP contribution is 2.20. The van der Waals surface area contributed by atoms with E-state index in [-0.39, 0.29) is 5.91 Å². The van der Waals surface area contributed by atoms with E-state index in [9.17, 15) is 4.79 Å². The van der Waals surface area contributed by atoms with Gasteiger partial charge in [-0.05, 0) is 47.2 Å². The monoisotopic (exact) mass is 290 g/mol. The lowest BCUT2D eigenvalue weighted by Crippen LogP contribution is -2.19. The van der Waals surface area contributed by atoms with E-state index < -0.39 is 0 Å². The molecule has 0 aromatic heterocycles. The molecule has 70 valence electrons. The van der Waals surface area contributed by atoms with Gasteiger partial charge in [0, 0.05) is 16.3 Å². The Morgan fingerprint density at radius 3 is 2.69 bits per heavy atom. The van der Waals surface area contributed by atoms with Crippen LogP contribution < -0.4 is 11.1 Å². The maximum atomic E-state index is 11.3. The number of nitrogens with two attached hydrogens (primary N) is 1. The van der Waals surface area contributed by atoms with Gasteiger partial charge >= 0.3 is 0 Å². The zero-order valence-electron chi connectivity index (χ0n) is 7.52. The summed E-state index contributed by atoms with van der Waals surface area (Å²) in [7, 11) is 1.59. The highest BCUT2D eigenvalue weighted by molar-refractivity contribution is 14.1. The van der Waals surface area contributed by atoms with Gasteiger partial charge in [0.05, 0.1) is 5.56 Å². The minimum absolute atomic E-state index is 0.140. The van der Waals surface area contributed by atoms with Gasteiger partial charge in [-0.3, -0.25) is 4.79 Å². The SMILES string of the molecule is CNC(=O)c1cc(I)cc(C)c1N. The minimum atomic E-state index is -0.140. The molecular weight excluding hydrogens is 279 g/mol. The molecule has 0 saturated carbocycles. The third kappa shape index (κ3) is 2.12. The van der Waals surface area contributed by atoms with Gasteiger partial charge in [-0.25, -0.2) is 0 Å². The van der Waals surface area contributed by atoms with E-state index in [4.69, 9.17) is 5.73 Å². The number of amides is 1. The van der Waals surface area contributed by atoms with E-state index in [0.29, 0.717) is 11.3 Å². The van der Waals surface area contributed by atoms with Crippen LogP contribution in [0.5, 0.6) is 0 Å². The minimum Gasteiger partial charge on any atom is -0.398 e. The Balaban J connectivity index is 3.28. The van der Waals surface area contributed by atoms with Crippen LogP contribution in [0.1, 0.15) is 15.9 Å². The van der Waals surface area contributed by atoms with Gasteiger partial charge < -0.3 is 11.1 Å². The number of nitrogen functional groups attached to an aromatic ring is 1. The Labute approximate surface area is 90.8 Å². The first kappa shape index (κ1) is 10.3. The van der Waals surface area contributed by atoms with E-state index >= 15 is 0 Å². The van der Waals surface area contributed by atoms with Crippen molar-refractivity contribution in [1.82, 2.24) is 5.32 Å². The normalized spacial score (nSPS) is 9.77. The maximum absolute atomic E-state index is 11.3. The Morgan fingerprint density at radius 2 is 2.15 bits per heavy atom. The summed E-state index contributed by atoms with van der Waals surface area (Å²) in [6.45, 7) is 1.89. The van der Waals surface area contributed by atoms with Crippen LogP contribution in [0, 0.1) is 10.5 Å². The average Bonchev–Trinajstić information content (AvgIpc) is 2.10. The average molecular weight is 290 g/mol. The molecule has 0 fully saturated rings. The zero-order valence-corrected chi connectivity index (χ0v) is 9.68. The van der Waals surface area contributed by atoms with Crippen LogP contribution in [-0.4, -0.2) is 13.0 Å². The topological polar surface area (TPSA) is 55.1 Å². The summed E-state index contributed by atoms with van der Waals surface area (Å²) in [4.78, 5) is 11.3. The fourth-order valence-electron chi connectivity index (χ4n) is 1.08. The first-order chi connectivity index (χ1) is 6.06. The van der Waals surface area contributed by atoms with Crippen molar-refractivity contribution in [3.8, 4) is 0 Å². The van der Waals surface area contributed by atoms with E-state index in [1.54, 1.807) is 13.1 Å². The molecule has 0 aliphatic heterocycles. The Kier molecular flexibility index (Phi) is 3.13. The molecule has 0 heterocycles. The lowest BCUT2D eigenvalue weighted by atomic mass is 10.1. The Morgan fingerprint density at radius 1 is 1.54 bits per heavy atom. The van der Waals surface area contributed by atoms with E-state index in [0.717, 1.165) is 9.13 Å². The van der Waals surface area contributed by atoms with Crippen LogP contribution in [-0.2, 0) is 0 Å². The molecule has 0 aliphatic carbocycles. The van der Waals surface area contributed by atoms with Crippen LogP contribution in [0.4, 0.5) is 5.69 Å². The van der Waals surface area contributed by atoms with Gasteiger partial charge in [0.25, 0.3) is 5.91 Å². The standard InChI is InChI=1S/C9H11IN2O/c1-5-3-6(10)4-7(8(5)11)9(13)12-2/h3-4H,11H2,1-2H3,(H,12,13). The fourth-order valence-corrected chi connectivity index (χ4v) is 1.86. The van der Waals surface area contributed by atoms with Crippen molar-refractivity contribution in [3.05, 3.63) is 26.8 Å². The molecule has 0 bridgehead atoms. The Hall–Kier alpha value is -0.780. The van der Waals surface area contributed by atoms with Crippen molar-refractivity contribution >= 4 is 34.2 Å². The summed E-state index contributed by atoms with van der Waals surface area (Å²) in [6, 6.07) is 3.73. The third-order valence-corrected chi connectivity index (χ3v) is 2.45. The number of hydrogen-bond donors (Lipinski definition) is 2. The second-order valence-electron chi connectivity index (χ2n) is 2.76. The molecule has 4 heteroatoms. The highest BCUT2D eigenvalue weighted by atomic mass is 127. The fraction of sp³-hybridized carbons (Fsp3) is 0.222. The van der Waals surface area contributed by atoms with Crippen LogP contribution in [0.15, 0.2) is 12.1 Å². The number of hydrogen-bond acceptors (Lipinski definition) is 2. The van der Waals surface area contributed by atoms with Crippen molar-refractivity contribution in [2.24, 2.45) is 0 Å². The largest absolute Gasteiger partial charge is 0.398 e. The zero-order chi connectivity index (χ0) is 10.0. The summed E-state index contributed by atoms with van der Waals surface area (Å²) < 4.78 is 1.02. The summed E-state index contributed by atoms with van der Waals surface area (Å²) in [5.74, 6) is -0.140. The molecule has 3 nitrogen and oxygen atoms in total. The maximum Gasteiger partial charge on any atom is 0.253 e. The number of anilines is 1. The van der Waals surface area contributed by atoms with E-state index in [1.807, 2.05) is 13.0 Å². The number of nitrogens with one attached hydrogen (secondary N) is 1. The molecule has 1 amide bonds. The summed E-state index contributed by atoms with van der Waals surface area (Å²) in [6.07, 6.45) is 0. The van der Waals surface area contributed by atoms with Crippen LogP contribution >= 0.6 is 22.6 Å². The molecular formula is C9H11IN2O. The van der Waals surface area contributed by atoms with E-state index in [1.165, 1.54) is 0 Å². The number of benzene rings is 1. The van der Waals surface area contributed by atoms with Crippen molar-refractivity contribution in [2.75, 3.05) is 12.8 Å². The molecule has 0 aliphatic rings. The number of aryl methyl sites for hydroxylation is 1. The lowest BCUT2D eigenvalue weighted by Gasteiger charge is -2.07. The molecule has 3 N–H and O–H groups in total. The molecule has 0 spiro atoms. The number of rotatable bonds is 1. The third-order valence-electron chi connectivity index (χ3n) is 1.82. The predicted molar refractivity (Wildman–Crippen MR) is 61.7 cm³/mol. The molecule has 0 radical (unpaired) electrons. The molecule has 0 unspecified atom stereocenters. The second-order valence-corrected chi connectivity index (χ2v) is 4.01. The van der Waals surface area contributed by atoms with Gasteiger partial charge in [-0.15, -0.1) is 0 Å². The van der Waals surface area contributed by atoms with Gasteiger partial charge in [0.2, 0.25) is 0 Å². The summed E-state index contributed by atoms with van der Waals surface area (Å²) in [5, 5.41) is 2.55. The van der Waals surface area contributed by atoms with Gasteiger partial charge in [0.15, 0.2) is 0 Å². The van der Waals surface area contributed by atoms with Gasteiger partial charge in [-0.1, -0.05) is 0 Å². The molecule has 0 atom stereocenters. The quantitative estimate of drug-likeness (QED) is 0.609. The van der Waals surface area contributed by atoms with E-state index in [2.05, 4.69) is 27.9 Å². The van der Waals surface area contributed by atoms with Crippen LogP contribution in [0.25, 0.3) is 0 Å². The molecule has 1 rings (SSSR count). The molecule has 0 saturated heterocycles. The smallest absolute Gasteiger partial charge is 0.253 e. The number of carbonyl (C=O) groups is 1.